The molecule has 2 aromatic rings. The number of rotatable bonds is 3. The lowest BCUT2D eigenvalue weighted by Gasteiger charge is -2.20. The van der Waals surface area contributed by atoms with Crippen LogP contribution in [0.3, 0.4) is 0 Å². The van der Waals surface area contributed by atoms with E-state index in [9.17, 15) is 14.4 Å². The molecule has 8 heteroatoms. The highest BCUT2D eigenvalue weighted by molar-refractivity contribution is 5.98. The van der Waals surface area contributed by atoms with E-state index in [1.807, 2.05) is 6.07 Å². The van der Waals surface area contributed by atoms with Crippen LogP contribution >= 0.6 is 0 Å². The molecule has 174 valence electrons. The number of fused-ring (bicyclic) bond motifs is 4. The molecule has 1 aliphatic rings. The van der Waals surface area contributed by atoms with Crippen molar-refractivity contribution in [1.82, 2.24) is 4.98 Å². The Bertz CT molecular complexity index is 1070. The number of anilines is 2. The van der Waals surface area contributed by atoms with Crippen molar-refractivity contribution in [2.75, 3.05) is 17.2 Å². The fourth-order valence-electron chi connectivity index (χ4n) is 3.41. The van der Waals surface area contributed by atoms with Gasteiger partial charge in [-0.3, -0.25) is 19.9 Å². The molecule has 1 aromatic heterocycles. The number of hydrogen-bond acceptors (Lipinski definition) is 6. The van der Waals surface area contributed by atoms with Gasteiger partial charge in [0.1, 0.15) is 11.5 Å². The molecular formula is C25H29N3O5. The number of esters is 1. The fourth-order valence-corrected chi connectivity index (χ4v) is 3.41. The first kappa shape index (κ1) is 24.0. The largest absolute Gasteiger partial charge is 0.465 e. The lowest BCUT2D eigenvalue weighted by Crippen LogP contribution is -2.27. The van der Waals surface area contributed by atoms with Crippen LogP contribution in [0.4, 0.5) is 16.2 Å². The molecule has 8 nitrogen and oxygen atoms in total. The number of nitrogens with one attached hydrogen (secondary N) is 2. The standard InChI is InChI=1S/C25H29N3O5/c1-5-32-23(30)19-8-6-7-9-22(29)28-21-15-17(27-24(31)33-25(2,3)4)10-11-18(21)16-12-13-26-20(19)14-16/h6-7,10-15,19H,5,8-9H2,1-4H3,(H,27,31)(H,28,29)/b7-6+. The second-order valence-corrected chi connectivity index (χ2v) is 8.62. The van der Waals surface area contributed by atoms with Crippen LogP contribution in [0.2, 0.25) is 0 Å². The van der Waals surface area contributed by atoms with Crippen molar-refractivity contribution in [3.63, 3.8) is 0 Å². The van der Waals surface area contributed by atoms with Gasteiger partial charge in [-0.05, 0) is 63.9 Å². The number of nitrogens with zero attached hydrogens (tertiary/aromatic N) is 1. The Morgan fingerprint density at radius 2 is 1.97 bits per heavy atom. The van der Waals surface area contributed by atoms with Crippen LogP contribution in [0.1, 0.15) is 52.1 Å². The molecular weight excluding hydrogens is 422 g/mol. The monoisotopic (exact) mass is 451 g/mol. The van der Waals surface area contributed by atoms with Crippen LogP contribution in [0.25, 0.3) is 11.1 Å². The van der Waals surface area contributed by atoms with Gasteiger partial charge in [-0.1, -0.05) is 18.2 Å². The average molecular weight is 452 g/mol. The number of hydrogen-bond donors (Lipinski definition) is 2. The fraction of sp³-hybridized carbons (Fsp3) is 0.360. The van der Waals surface area contributed by atoms with Crippen molar-refractivity contribution < 1.29 is 23.9 Å². The van der Waals surface area contributed by atoms with Crippen LogP contribution in [-0.2, 0) is 19.1 Å². The number of carbonyl (C=O) groups excluding carboxylic acids is 3. The quantitative estimate of drug-likeness (QED) is 0.501. The van der Waals surface area contributed by atoms with E-state index in [4.69, 9.17) is 9.47 Å². The third kappa shape index (κ3) is 6.65. The Morgan fingerprint density at radius 3 is 2.70 bits per heavy atom. The van der Waals surface area contributed by atoms with Crippen LogP contribution in [0.5, 0.6) is 0 Å². The molecule has 1 aliphatic heterocycles. The summed E-state index contributed by atoms with van der Waals surface area (Å²) in [5.41, 5.74) is 2.46. The molecule has 3 rings (SSSR count). The average Bonchev–Trinajstić information content (AvgIpc) is 2.72. The molecule has 2 amide bonds. The summed E-state index contributed by atoms with van der Waals surface area (Å²) in [7, 11) is 0. The number of allylic oxidation sites excluding steroid dienone is 1. The maximum atomic E-state index is 12.5. The minimum absolute atomic E-state index is 0.139. The molecule has 0 fully saturated rings. The lowest BCUT2D eigenvalue weighted by atomic mass is 9.96. The SMILES string of the molecule is CCOC(=O)C1C/C=C/CC(=O)Nc2cc(NC(=O)OC(C)(C)C)ccc2-c2ccnc1c2. The van der Waals surface area contributed by atoms with Crippen LogP contribution in [0.15, 0.2) is 48.7 Å². The minimum Gasteiger partial charge on any atom is -0.465 e. The number of aromatic nitrogens is 1. The predicted molar refractivity (Wildman–Crippen MR) is 126 cm³/mol. The number of pyridine rings is 1. The van der Waals surface area contributed by atoms with E-state index in [1.165, 1.54) is 0 Å². The Hall–Kier alpha value is -3.68. The Morgan fingerprint density at radius 1 is 1.18 bits per heavy atom. The number of carbonyl (C=O) groups is 3. The van der Waals surface area contributed by atoms with Crippen LogP contribution in [0, 0.1) is 0 Å². The van der Waals surface area contributed by atoms with E-state index in [2.05, 4.69) is 15.6 Å². The lowest BCUT2D eigenvalue weighted by molar-refractivity contribution is -0.145. The normalized spacial score (nSPS) is 16.8. The molecule has 1 atom stereocenters. The Labute approximate surface area is 193 Å². The van der Waals surface area contributed by atoms with Gasteiger partial charge in [-0.2, -0.15) is 0 Å². The molecule has 1 aromatic carbocycles. The van der Waals surface area contributed by atoms with E-state index >= 15 is 0 Å². The highest BCUT2D eigenvalue weighted by Crippen LogP contribution is 2.33. The molecule has 33 heavy (non-hydrogen) atoms. The zero-order valence-corrected chi connectivity index (χ0v) is 19.3. The molecule has 2 N–H and O–H groups in total. The summed E-state index contributed by atoms with van der Waals surface area (Å²) in [6.45, 7) is 7.38. The molecule has 2 heterocycles. The van der Waals surface area contributed by atoms with Gasteiger partial charge >= 0.3 is 12.1 Å². The van der Waals surface area contributed by atoms with Gasteiger partial charge in [0.15, 0.2) is 0 Å². The first-order chi connectivity index (χ1) is 15.7. The predicted octanol–water partition coefficient (Wildman–Crippen LogP) is 5.03. The van der Waals surface area contributed by atoms with Crippen molar-refractivity contribution in [2.45, 2.75) is 52.1 Å². The second kappa shape index (κ2) is 10.3. The third-order valence-corrected chi connectivity index (χ3v) is 4.80. The molecule has 0 radical (unpaired) electrons. The van der Waals surface area contributed by atoms with Gasteiger partial charge in [-0.25, -0.2) is 4.79 Å². The van der Waals surface area contributed by atoms with E-state index < -0.39 is 17.6 Å². The van der Waals surface area contributed by atoms with E-state index in [0.29, 0.717) is 23.5 Å². The highest BCUT2D eigenvalue weighted by Gasteiger charge is 2.24. The maximum Gasteiger partial charge on any atom is 0.412 e. The van der Waals surface area contributed by atoms with Gasteiger partial charge in [0.25, 0.3) is 0 Å². The van der Waals surface area contributed by atoms with Crippen molar-refractivity contribution in [3.8, 4) is 11.1 Å². The summed E-state index contributed by atoms with van der Waals surface area (Å²) in [5, 5.41) is 5.60. The first-order valence-electron chi connectivity index (χ1n) is 10.9. The Balaban J connectivity index is 2.01. The zero-order valence-electron chi connectivity index (χ0n) is 19.3. The summed E-state index contributed by atoms with van der Waals surface area (Å²) in [6.07, 6.45) is 5.07. The van der Waals surface area contributed by atoms with Crippen molar-refractivity contribution in [3.05, 3.63) is 54.4 Å². The first-order valence-corrected chi connectivity index (χ1v) is 10.9. The van der Waals surface area contributed by atoms with Gasteiger partial charge < -0.3 is 14.8 Å². The third-order valence-electron chi connectivity index (χ3n) is 4.80. The van der Waals surface area contributed by atoms with Gasteiger partial charge in [-0.15, -0.1) is 0 Å². The Kier molecular flexibility index (Phi) is 7.48. The zero-order chi connectivity index (χ0) is 24.0. The smallest absolute Gasteiger partial charge is 0.412 e. The summed E-state index contributed by atoms with van der Waals surface area (Å²) in [6, 6.07) is 8.82. The number of ether oxygens (including phenoxy) is 2. The number of benzene rings is 1. The minimum atomic E-state index is -0.635. The van der Waals surface area contributed by atoms with Gasteiger partial charge in [0.2, 0.25) is 5.91 Å². The van der Waals surface area contributed by atoms with Crippen molar-refractivity contribution in [1.29, 1.82) is 0 Å². The van der Waals surface area contributed by atoms with Crippen molar-refractivity contribution >= 4 is 29.3 Å². The molecule has 0 aliphatic carbocycles. The van der Waals surface area contributed by atoms with Crippen LogP contribution in [-0.4, -0.2) is 35.2 Å². The summed E-state index contributed by atoms with van der Waals surface area (Å²) in [5.74, 6) is -1.14. The molecule has 1 unspecified atom stereocenters. The summed E-state index contributed by atoms with van der Waals surface area (Å²) in [4.78, 5) is 41.7. The number of amides is 2. The van der Waals surface area contributed by atoms with Gasteiger partial charge in [0.05, 0.1) is 18.0 Å². The molecule has 2 bridgehead atoms. The maximum absolute atomic E-state index is 12.5. The van der Waals surface area contributed by atoms with E-state index in [1.54, 1.807) is 70.3 Å². The second-order valence-electron chi connectivity index (χ2n) is 8.62. The summed E-state index contributed by atoms with van der Waals surface area (Å²) >= 11 is 0. The van der Waals surface area contributed by atoms with E-state index in [0.717, 1.165) is 11.1 Å². The highest BCUT2D eigenvalue weighted by atomic mass is 16.6. The topological polar surface area (TPSA) is 107 Å². The van der Waals surface area contributed by atoms with Gasteiger partial charge in [0, 0.05) is 23.9 Å². The van der Waals surface area contributed by atoms with E-state index in [-0.39, 0.29) is 24.9 Å². The van der Waals surface area contributed by atoms with Crippen LogP contribution < -0.4 is 10.6 Å². The molecule has 0 saturated heterocycles. The van der Waals surface area contributed by atoms with Crippen molar-refractivity contribution in [2.24, 2.45) is 0 Å². The molecule has 0 saturated carbocycles. The molecule has 0 spiro atoms. The summed E-state index contributed by atoms with van der Waals surface area (Å²) < 4.78 is 10.5.